The van der Waals surface area contributed by atoms with Gasteiger partial charge in [0.15, 0.2) is 5.66 Å². The number of hydrogen-bond donors (Lipinski definition) is 1. The zero-order valence-corrected chi connectivity index (χ0v) is 14.1. The highest BCUT2D eigenvalue weighted by Crippen LogP contribution is 2.36. The molecule has 2 heterocycles. The molecule has 1 saturated heterocycles. The van der Waals surface area contributed by atoms with Crippen molar-refractivity contribution >= 4 is 24.9 Å². The van der Waals surface area contributed by atoms with E-state index in [4.69, 9.17) is 18.5 Å². The van der Waals surface area contributed by atoms with Crippen molar-refractivity contribution in [1.82, 2.24) is 4.98 Å². The van der Waals surface area contributed by atoms with Crippen molar-refractivity contribution in [3.05, 3.63) is 6.20 Å². The molecule has 1 amide bonds. The zero-order chi connectivity index (χ0) is 16.8. The van der Waals surface area contributed by atoms with E-state index in [0.29, 0.717) is 5.66 Å². The minimum atomic E-state index is -0.660. The van der Waals surface area contributed by atoms with E-state index in [-0.39, 0.29) is 6.01 Å². The van der Waals surface area contributed by atoms with Crippen molar-refractivity contribution in [2.75, 3.05) is 5.32 Å². The third-order valence-electron chi connectivity index (χ3n) is 3.62. The van der Waals surface area contributed by atoms with Crippen LogP contribution in [0.5, 0.6) is 0 Å². The molecule has 0 atom stereocenters. The maximum atomic E-state index is 11.7. The Balaban J connectivity index is 2.03. The Hall–Kier alpha value is -1.54. The molecule has 0 bridgehead atoms. The summed E-state index contributed by atoms with van der Waals surface area (Å²) >= 11 is 0. The van der Waals surface area contributed by atoms with Gasteiger partial charge in [-0.15, -0.1) is 0 Å². The molecular weight excluding hydrogens is 287 g/mol. The lowest BCUT2D eigenvalue weighted by Crippen LogP contribution is -2.41. The highest BCUT2D eigenvalue weighted by Gasteiger charge is 2.53. The van der Waals surface area contributed by atoms with Crippen LogP contribution in [-0.2, 0) is 14.0 Å². The molecule has 0 unspecified atom stereocenters. The number of nitrogens with one attached hydrogen (secondary N) is 1. The smallest absolute Gasteiger partial charge is 0.443 e. The minimum absolute atomic E-state index is 0.0407. The minimum Gasteiger partial charge on any atom is -0.443 e. The SMILES string of the molecule is CC(C)(C)OC(=O)Nc1ncc(B2OC(C)(C)C(C)(C)O2)o1. The second kappa shape index (κ2) is 5.28. The number of oxazole rings is 1. The van der Waals surface area contributed by atoms with Crippen LogP contribution in [0.1, 0.15) is 48.5 Å². The Morgan fingerprint density at radius 1 is 1.23 bits per heavy atom. The van der Waals surface area contributed by atoms with Crippen LogP contribution in [0.4, 0.5) is 10.8 Å². The topological polar surface area (TPSA) is 82.8 Å². The number of anilines is 1. The van der Waals surface area contributed by atoms with E-state index in [2.05, 4.69) is 10.3 Å². The molecular formula is C14H23BN2O5. The standard InChI is InChI=1S/C14H23BN2O5/c1-12(2,3)20-11(18)17-10-16-8-9(19-10)15-21-13(4,5)14(6,7)22-15/h8H,1-7H3,(H,16,17,18). The predicted molar refractivity (Wildman–Crippen MR) is 82.1 cm³/mol. The van der Waals surface area contributed by atoms with Crippen molar-refractivity contribution in [2.45, 2.75) is 65.3 Å². The number of hydrogen-bond acceptors (Lipinski definition) is 6. The molecule has 1 aromatic rings. The molecule has 2 rings (SSSR count). The van der Waals surface area contributed by atoms with E-state index in [1.54, 1.807) is 20.8 Å². The molecule has 0 aromatic carbocycles. The molecule has 0 spiro atoms. The van der Waals surface area contributed by atoms with Gasteiger partial charge in [-0.1, -0.05) is 0 Å². The van der Waals surface area contributed by atoms with Crippen LogP contribution < -0.4 is 11.0 Å². The lowest BCUT2D eigenvalue weighted by molar-refractivity contribution is 0.00578. The van der Waals surface area contributed by atoms with Gasteiger partial charge in [-0.2, -0.15) is 0 Å². The van der Waals surface area contributed by atoms with Gasteiger partial charge in [0.1, 0.15) is 5.60 Å². The number of aromatic nitrogens is 1. The van der Waals surface area contributed by atoms with Gasteiger partial charge in [0.05, 0.1) is 17.4 Å². The second-order valence-electron chi connectivity index (χ2n) is 7.28. The van der Waals surface area contributed by atoms with Crippen LogP contribution in [-0.4, -0.2) is 35.0 Å². The van der Waals surface area contributed by atoms with Crippen LogP contribution in [0.25, 0.3) is 0 Å². The number of ether oxygens (including phenoxy) is 1. The number of amides is 1. The summed E-state index contributed by atoms with van der Waals surface area (Å²) in [5.41, 5.74) is -1.14. The van der Waals surface area contributed by atoms with Crippen molar-refractivity contribution in [3.63, 3.8) is 0 Å². The monoisotopic (exact) mass is 310 g/mol. The summed E-state index contributed by atoms with van der Waals surface area (Å²) in [5, 5.41) is 2.43. The summed E-state index contributed by atoms with van der Waals surface area (Å²) in [7, 11) is -0.660. The third kappa shape index (κ3) is 3.62. The molecule has 0 aliphatic carbocycles. The Morgan fingerprint density at radius 3 is 2.27 bits per heavy atom. The maximum Gasteiger partial charge on any atom is 0.534 e. The molecule has 1 N–H and O–H groups in total. The van der Waals surface area contributed by atoms with E-state index in [9.17, 15) is 4.79 Å². The molecule has 22 heavy (non-hydrogen) atoms. The van der Waals surface area contributed by atoms with Gasteiger partial charge < -0.3 is 18.5 Å². The van der Waals surface area contributed by atoms with Gasteiger partial charge in [-0.3, -0.25) is 0 Å². The van der Waals surface area contributed by atoms with Crippen LogP contribution >= 0.6 is 0 Å². The van der Waals surface area contributed by atoms with Crippen LogP contribution in [0.3, 0.4) is 0 Å². The van der Waals surface area contributed by atoms with E-state index in [1.165, 1.54) is 6.20 Å². The number of rotatable bonds is 2. The van der Waals surface area contributed by atoms with E-state index < -0.39 is 30.0 Å². The van der Waals surface area contributed by atoms with E-state index >= 15 is 0 Å². The molecule has 1 aliphatic heterocycles. The fourth-order valence-corrected chi connectivity index (χ4v) is 1.80. The zero-order valence-electron chi connectivity index (χ0n) is 14.1. The van der Waals surface area contributed by atoms with E-state index in [0.717, 1.165) is 0 Å². The Kier molecular flexibility index (Phi) is 4.04. The molecule has 0 saturated carbocycles. The van der Waals surface area contributed by atoms with Crippen molar-refractivity contribution in [1.29, 1.82) is 0 Å². The Morgan fingerprint density at radius 2 is 1.77 bits per heavy atom. The van der Waals surface area contributed by atoms with Crippen molar-refractivity contribution < 1.29 is 23.3 Å². The number of nitrogens with zero attached hydrogens (tertiary/aromatic N) is 1. The summed E-state index contributed by atoms with van der Waals surface area (Å²) in [6, 6.07) is 0.0407. The Labute approximate surface area is 130 Å². The first-order valence-corrected chi connectivity index (χ1v) is 7.21. The first-order chi connectivity index (χ1) is 9.90. The average Bonchev–Trinajstić information content (AvgIpc) is 2.79. The summed E-state index contributed by atoms with van der Waals surface area (Å²) in [4.78, 5) is 15.7. The number of carbonyl (C=O) groups excluding carboxylic acids is 1. The van der Waals surface area contributed by atoms with Gasteiger partial charge in [0.25, 0.3) is 0 Å². The largest absolute Gasteiger partial charge is 0.534 e. The lowest BCUT2D eigenvalue weighted by atomic mass is 9.87. The van der Waals surface area contributed by atoms with Gasteiger partial charge in [-0.05, 0) is 48.5 Å². The average molecular weight is 310 g/mol. The van der Waals surface area contributed by atoms with Crippen LogP contribution in [0.15, 0.2) is 10.6 Å². The highest BCUT2D eigenvalue weighted by molar-refractivity contribution is 6.60. The highest BCUT2D eigenvalue weighted by atomic mass is 16.7. The number of carbonyl (C=O) groups is 1. The van der Waals surface area contributed by atoms with E-state index in [1.807, 2.05) is 27.7 Å². The molecule has 8 heteroatoms. The van der Waals surface area contributed by atoms with Gasteiger partial charge in [0, 0.05) is 0 Å². The summed E-state index contributed by atoms with van der Waals surface area (Å²) in [6.07, 6.45) is 0.837. The Bertz CT molecular complexity index is 546. The van der Waals surface area contributed by atoms with Gasteiger partial charge in [-0.25, -0.2) is 15.1 Å². The molecule has 1 fully saturated rings. The molecule has 122 valence electrons. The lowest BCUT2D eigenvalue weighted by Gasteiger charge is -2.32. The van der Waals surface area contributed by atoms with Crippen LogP contribution in [0.2, 0.25) is 0 Å². The van der Waals surface area contributed by atoms with Gasteiger partial charge in [0.2, 0.25) is 0 Å². The van der Waals surface area contributed by atoms with Gasteiger partial charge >= 0.3 is 19.2 Å². The van der Waals surface area contributed by atoms with Crippen molar-refractivity contribution in [3.8, 4) is 0 Å². The normalized spacial score (nSPS) is 20.0. The summed E-state index contributed by atoms with van der Waals surface area (Å²) < 4.78 is 22.3. The summed E-state index contributed by atoms with van der Waals surface area (Å²) in [6.45, 7) is 13.1. The fourth-order valence-electron chi connectivity index (χ4n) is 1.80. The maximum absolute atomic E-state index is 11.7. The van der Waals surface area contributed by atoms with Crippen LogP contribution in [0, 0.1) is 0 Å². The fraction of sp³-hybridized carbons (Fsp3) is 0.714. The molecule has 7 nitrogen and oxygen atoms in total. The molecule has 1 aromatic heterocycles. The van der Waals surface area contributed by atoms with Crippen molar-refractivity contribution in [2.24, 2.45) is 0 Å². The first kappa shape index (κ1) is 16.8. The predicted octanol–water partition coefficient (Wildman–Crippen LogP) is 2.32. The quantitative estimate of drug-likeness (QED) is 0.844. The molecule has 1 aliphatic rings. The molecule has 0 radical (unpaired) electrons. The second-order valence-corrected chi connectivity index (χ2v) is 7.28. The third-order valence-corrected chi connectivity index (χ3v) is 3.62. The summed E-state index contributed by atoms with van der Waals surface area (Å²) in [5.74, 6) is 0. The first-order valence-electron chi connectivity index (χ1n) is 7.21.